The smallest absolute Gasteiger partial charge is 0.131 e. The molecule has 4 heteroatoms. The summed E-state index contributed by atoms with van der Waals surface area (Å²) in [4.78, 5) is 2.53. The number of H-pyrrole nitrogens is 1. The summed E-state index contributed by atoms with van der Waals surface area (Å²) in [6.45, 7) is 3.33. The van der Waals surface area contributed by atoms with Crippen molar-refractivity contribution in [3.8, 4) is 22.3 Å². The first-order valence-corrected chi connectivity index (χ1v) is 11.4. The van der Waals surface area contributed by atoms with E-state index in [1.54, 1.807) is 6.07 Å². The van der Waals surface area contributed by atoms with E-state index in [-0.39, 0.29) is 11.9 Å². The minimum atomic E-state index is -0.196. The average molecular weight is 426 g/mol. The summed E-state index contributed by atoms with van der Waals surface area (Å²) in [5.74, 6) is -0.196. The lowest BCUT2D eigenvalue weighted by Crippen LogP contribution is -2.40. The van der Waals surface area contributed by atoms with Crippen LogP contribution in [0.2, 0.25) is 0 Å². The lowest BCUT2D eigenvalue weighted by atomic mass is 9.91. The van der Waals surface area contributed by atoms with Crippen LogP contribution in [0, 0.1) is 5.82 Å². The fourth-order valence-electron chi connectivity index (χ4n) is 4.90. The Labute approximate surface area is 188 Å². The molecule has 0 saturated carbocycles. The number of rotatable bonds is 5. The van der Waals surface area contributed by atoms with Gasteiger partial charge in [-0.15, -0.1) is 0 Å². The van der Waals surface area contributed by atoms with Crippen LogP contribution in [0.5, 0.6) is 0 Å². The van der Waals surface area contributed by atoms with Gasteiger partial charge in [0.2, 0.25) is 0 Å². The Morgan fingerprint density at radius 3 is 2.38 bits per heavy atom. The fourth-order valence-corrected chi connectivity index (χ4v) is 4.90. The molecule has 2 atom stereocenters. The topological polar surface area (TPSA) is 31.9 Å². The molecular formula is C28H28FN3. The van der Waals surface area contributed by atoms with Crippen LogP contribution in [-0.2, 0) is 0 Å². The molecule has 162 valence electrons. The summed E-state index contributed by atoms with van der Waals surface area (Å²) in [7, 11) is 0. The Balaban J connectivity index is 1.52. The van der Waals surface area contributed by atoms with Crippen molar-refractivity contribution in [3.63, 3.8) is 0 Å². The zero-order valence-electron chi connectivity index (χ0n) is 18.3. The average Bonchev–Trinajstić information content (AvgIpc) is 3.37. The Morgan fingerprint density at radius 1 is 0.906 bits per heavy atom. The number of piperidine rings is 1. The van der Waals surface area contributed by atoms with Gasteiger partial charge >= 0.3 is 0 Å². The Morgan fingerprint density at radius 2 is 1.66 bits per heavy atom. The number of aromatic nitrogens is 2. The second-order valence-corrected chi connectivity index (χ2v) is 8.70. The van der Waals surface area contributed by atoms with Crippen molar-refractivity contribution >= 4 is 0 Å². The molecule has 0 aliphatic carbocycles. The molecule has 1 saturated heterocycles. The van der Waals surface area contributed by atoms with Gasteiger partial charge < -0.3 is 0 Å². The van der Waals surface area contributed by atoms with Crippen LogP contribution >= 0.6 is 0 Å². The molecule has 3 aromatic carbocycles. The molecule has 3 nitrogen and oxygen atoms in total. The lowest BCUT2D eigenvalue weighted by molar-refractivity contribution is 0.125. The van der Waals surface area contributed by atoms with Crippen molar-refractivity contribution in [1.82, 2.24) is 15.1 Å². The molecule has 0 spiro atoms. The number of hydrogen-bond donors (Lipinski definition) is 1. The molecule has 1 N–H and O–H groups in total. The number of benzene rings is 3. The van der Waals surface area contributed by atoms with Crippen molar-refractivity contribution in [1.29, 1.82) is 0 Å². The highest BCUT2D eigenvalue weighted by Gasteiger charge is 2.29. The summed E-state index contributed by atoms with van der Waals surface area (Å²) < 4.78 is 15.0. The predicted octanol–water partition coefficient (Wildman–Crippen LogP) is 6.85. The summed E-state index contributed by atoms with van der Waals surface area (Å²) in [5, 5.41) is 7.16. The van der Waals surface area contributed by atoms with Crippen molar-refractivity contribution < 1.29 is 4.39 Å². The van der Waals surface area contributed by atoms with E-state index in [4.69, 9.17) is 0 Å². The maximum atomic E-state index is 15.0. The third-order valence-electron chi connectivity index (χ3n) is 6.63. The third-order valence-corrected chi connectivity index (χ3v) is 6.63. The van der Waals surface area contributed by atoms with E-state index in [1.165, 1.54) is 19.3 Å². The molecule has 1 fully saturated rings. The molecule has 32 heavy (non-hydrogen) atoms. The van der Waals surface area contributed by atoms with Gasteiger partial charge in [-0.1, -0.05) is 67.1 Å². The number of nitrogens with zero attached hydrogens (tertiary/aromatic N) is 2. The molecule has 1 aliphatic rings. The number of nitrogens with one attached hydrogen (secondary N) is 1. The maximum absolute atomic E-state index is 15.0. The molecule has 2 unspecified atom stereocenters. The first-order chi connectivity index (χ1) is 15.7. The van der Waals surface area contributed by atoms with E-state index in [0.717, 1.165) is 34.4 Å². The minimum Gasteiger partial charge on any atom is -0.290 e. The second kappa shape index (κ2) is 9.09. The SMILES string of the molecule is CC1CCCCN1C(c1cn[nH]c1)c1ccc(F)c(-c2ccc(-c3ccccc3)cc2)c1. The Bertz CT molecular complexity index is 1150. The summed E-state index contributed by atoms with van der Waals surface area (Å²) in [6, 6.07) is 24.5. The summed E-state index contributed by atoms with van der Waals surface area (Å²) in [6.07, 6.45) is 7.49. The largest absolute Gasteiger partial charge is 0.290 e. The molecule has 4 aromatic rings. The molecule has 1 aliphatic heterocycles. The van der Waals surface area contributed by atoms with Gasteiger partial charge in [-0.2, -0.15) is 5.10 Å². The van der Waals surface area contributed by atoms with E-state index in [9.17, 15) is 4.39 Å². The van der Waals surface area contributed by atoms with Crippen LogP contribution in [0.25, 0.3) is 22.3 Å². The molecule has 1 aromatic heterocycles. The summed E-state index contributed by atoms with van der Waals surface area (Å²) in [5.41, 5.74) is 6.04. The van der Waals surface area contributed by atoms with Gasteiger partial charge in [-0.05, 0) is 60.7 Å². The molecular weight excluding hydrogens is 397 g/mol. The first-order valence-electron chi connectivity index (χ1n) is 11.4. The van der Waals surface area contributed by atoms with E-state index in [2.05, 4.69) is 46.3 Å². The van der Waals surface area contributed by atoms with Crippen LogP contribution in [-0.4, -0.2) is 27.7 Å². The molecule has 0 radical (unpaired) electrons. The van der Waals surface area contributed by atoms with Crippen molar-refractivity contribution in [2.24, 2.45) is 0 Å². The molecule has 2 heterocycles. The number of halogens is 1. The fraction of sp³-hybridized carbons (Fsp3) is 0.250. The maximum Gasteiger partial charge on any atom is 0.131 e. The van der Waals surface area contributed by atoms with Crippen LogP contribution in [0.15, 0.2) is 85.2 Å². The standard InChI is InChI=1S/C28H28FN3/c1-20-7-5-6-16-32(20)28(25-18-30-31-19-25)24-14-15-27(29)26(17-24)23-12-10-22(11-13-23)21-8-3-2-4-9-21/h2-4,8-15,17-20,28H,5-7,16H2,1H3,(H,30,31). The van der Waals surface area contributed by atoms with Crippen LogP contribution in [0.1, 0.15) is 43.4 Å². The second-order valence-electron chi connectivity index (χ2n) is 8.70. The zero-order chi connectivity index (χ0) is 21.9. The van der Waals surface area contributed by atoms with Crippen LogP contribution in [0.4, 0.5) is 4.39 Å². The highest BCUT2D eigenvalue weighted by Crippen LogP contribution is 2.36. The monoisotopic (exact) mass is 425 g/mol. The molecule has 0 amide bonds. The van der Waals surface area contributed by atoms with E-state index in [0.29, 0.717) is 11.6 Å². The predicted molar refractivity (Wildman–Crippen MR) is 128 cm³/mol. The summed E-state index contributed by atoms with van der Waals surface area (Å²) >= 11 is 0. The third kappa shape index (κ3) is 4.11. The zero-order valence-corrected chi connectivity index (χ0v) is 18.3. The molecule has 5 rings (SSSR count). The lowest BCUT2D eigenvalue weighted by Gasteiger charge is -2.39. The number of hydrogen-bond acceptors (Lipinski definition) is 2. The Kier molecular flexibility index (Phi) is 5.87. The number of aromatic amines is 1. The molecule has 0 bridgehead atoms. The van der Waals surface area contributed by atoms with Gasteiger partial charge in [-0.25, -0.2) is 4.39 Å². The van der Waals surface area contributed by atoms with Gasteiger partial charge in [0.05, 0.1) is 12.2 Å². The van der Waals surface area contributed by atoms with E-state index in [1.807, 2.05) is 54.9 Å². The van der Waals surface area contributed by atoms with Crippen molar-refractivity contribution in [2.45, 2.75) is 38.3 Å². The normalized spacial score (nSPS) is 17.9. The van der Waals surface area contributed by atoms with Crippen molar-refractivity contribution in [2.75, 3.05) is 6.54 Å². The van der Waals surface area contributed by atoms with Gasteiger partial charge in [0.1, 0.15) is 5.82 Å². The minimum absolute atomic E-state index is 0.0620. The highest BCUT2D eigenvalue weighted by molar-refractivity contribution is 5.71. The van der Waals surface area contributed by atoms with Gasteiger partial charge in [-0.3, -0.25) is 10.00 Å². The van der Waals surface area contributed by atoms with Crippen molar-refractivity contribution in [3.05, 3.63) is 102 Å². The highest BCUT2D eigenvalue weighted by atomic mass is 19.1. The van der Waals surface area contributed by atoms with Crippen LogP contribution < -0.4 is 0 Å². The van der Waals surface area contributed by atoms with Gasteiger partial charge in [0.15, 0.2) is 0 Å². The van der Waals surface area contributed by atoms with Gasteiger partial charge in [0.25, 0.3) is 0 Å². The van der Waals surface area contributed by atoms with Gasteiger partial charge in [0, 0.05) is 23.4 Å². The Hall–Kier alpha value is -3.24. The van der Waals surface area contributed by atoms with Crippen LogP contribution in [0.3, 0.4) is 0 Å². The van der Waals surface area contributed by atoms with E-state index >= 15 is 0 Å². The van der Waals surface area contributed by atoms with E-state index < -0.39 is 0 Å². The quantitative estimate of drug-likeness (QED) is 0.379. The first kappa shape index (κ1) is 20.7. The number of likely N-dealkylation sites (tertiary alicyclic amines) is 1.